The first kappa shape index (κ1) is 22.2. The van der Waals surface area contributed by atoms with Crippen molar-refractivity contribution in [2.75, 3.05) is 18.4 Å². The van der Waals surface area contributed by atoms with E-state index < -0.39 is 18.0 Å². The van der Waals surface area contributed by atoms with Gasteiger partial charge in [0.15, 0.2) is 0 Å². The Kier molecular flexibility index (Phi) is 6.41. The fourth-order valence-corrected chi connectivity index (χ4v) is 3.67. The fraction of sp³-hybridized carbons (Fsp3) is 0.364. The summed E-state index contributed by atoms with van der Waals surface area (Å²) in [6, 6.07) is 12.5. The molecular formula is C22H22ClF3N2O2. The molecule has 1 fully saturated rings. The van der Waals surface area contributed by atoms with Crippen LogP contribution >= 0.6 is 11.6 Å². The van der Waals surface area contributed by atoms with Crippen LogP contribution in [0.25, 0.3) is 0 Å². The molecule has 2 amide bonds. The summed E-state index contributed by atoms with van der Waals surface area (Å²) in [5.41, 5.74) is 0.341. The van der Waals surface area contributed by atoms with E-state index in [4.69, 9.17) is 11.6 Å². The van der Waals surface area contributed by atoms with Gasteiger partial charge in [-0.1, -0.05) is 42.8 Å². The molecule has 0 bridgehead atoms. The number of anilines is 1. The molecule has 0 saturated carbocycles. The largest absolute Gasteiger partial charge is 0.393 e. The number of hydrogen-bond donors (Lipinski definition) is 1. The molecule has 30 heavy (non-hydrogen) atoms. The summed E-state index contributed by atoms with van der Waals surface area (Å²) in [4.78, 5) is 27.2. The van der Waals surface area contributed by atoms with Gasteiger partial charge in [0.1, 0.15) is 0 Å². The monoisotopic (exact) mass is 438 g/mol. The molecule has 1 aliphatic heterocycles. The Labute approximate surface area is 178 Å². The topological polar surface area (TPSA) is 49.4 Å². The Hall–Kier alpha value is -2.54. The van der Waals surface area contributed by atoms with Crippen LogP contribution in [0, 0.1) is 5.41 Å². The number of likely N-dealkylation sites (tertiary alicyclic amines) is 1. The third kappa shape index (κ3) is 5.33. The van der Waals surface area contributed by atoms with Crippen molar-refractivity contribution in [3.8, 4) is 0 Å². The van der Waals surface area contributed by atoms with Crippen LogP contribution in [0.1, 0.15) is 35.7 Å². The first-order valence-corrected chi connectivity index (χ1v) is 9.96. The maximum atomic E-state index is 12.8. The number of carbonyl (C=O) groups is 2. The Morgan fingerprint density at radius 3 is 2.23 bits per heavy atom. The van der Waals surface area contributed by atoms with E-state index in [-0.39, 0.29) is 17.4 Å². The quantitative estimate of drug-likeness (QED) is 0.701. The molecule has 1 heterocycles. The molecule has 3 rings (SSSR count). The van der Waals surface area contributed by atoms with Gasteiger partial charge in [-0.05, 0) is 42.7 Å². The summed E-state index contributed by atoms with van der Waals surface area (Å²) in [6.07, 6.45) is -4.33. The van der Waals surface area contributed by atoms with E-state index in [1.165, 1.54) is 24.3 Å². The number of carbonyl (C=O) groups excluding carboxylic acids is 2. The summed E-state index contributed by atoms with van der Waals surface area (Å²) < 4.78 is 37.4. The first-order chi connectivity index (χ1) is 14.1. The fourth-order valence-electron chi connectivity index (χ4n) is 3.45. The number of halogens is 4. The van der Waals surface area contributed by atoms with Crippen LogP contribution in [-0.2, 0) is 11.2 Å². The van der Waals surface area contributed by atoms with Gasteiger partial charge in [0.2, 0.25) is 5.91 Å². The van der Waals surface area contributed by atoms with Crippen LogP contribution < -0.4 is 5.32 Å². The zero-order valence-corrected chi connectivity index (χ0v) is 17.2. The Balaban J connectivity index is 1.59. The number of nitrogens with one attached hydrogen (secondary N) is 1. The molecule has 0 radical (unpaired) electrons. The smallest absolute Gasteiger partial charge is 0.339 e. The summed E-state index contributed by atoms with van der Waals surface area (Å²) in [6.45, 7) is 2.66. The lowest BCUT2D eigenvalue weighted by molar-refractivity contribution is -0.128. The van der Waals surface area contributed by atoms with Gasteiger partial charge in [-0.2, -0.15) is 13.2 Å². The maximum Gasteiger partial charge on any atom is 0.393 e. The Morgan fingerprint density at radius 1 is 1.07 bits per heavy atom. The van der Waals surface area contributed by atoms with Crippen molar-refractivity contribution >= 4 is 29.1 Å². The molecule has 1 saturated heterocycles. The van der Waals surface area contributed by atoms with Gasteiger partial charge < -0.3 is 10.2 Å². The van der Waals surface area contributed by atoms with E-state index in [0.717, 1.165) is 0 Å². The van der Waals surface area contributed by atoms with Crippen LogP contribution in [0.15, 0.2) is 48.5 Å². The molecule has 0 spiro atoms. The van der Waals surface area contributed by atoms with E-state index in [9.17, 15) is 22.8 Å². The number of benzene rings is 2. The minimum Gasteiger partial charge on any atom is -0.339 e. The number of amides is 2. The lowest BCUT2D eigenvalue weighted by atomic mass is 9.79. The van der Waals surface area contributed by atoms with Crippen molar-refractivity contribution in [1.29, 1.82) is 0 Å². The molecule has 1 N–H and O–H groups in total. The van der Waals surface area contributed by atoms with Gasteiger partial charge in [-0.3, -0.25) is 9.59 Å². The zero-order valence-electron chi connectivity index (χ0n) is 16.4. The predicted molar refractivity (Wildman–Crippen MR) is 110 cm³/mol. The maximum absolute atomic E-state index is 12.8. The summed E-state index contributed by atoms with van der Waals surface area (Å²) >= 11 is 6.11. The van der Waals surface area contributed by atoms with E-state index in [1.807, 2.05) is 6.92 Å². The second kappa shape index (κ2) is 8.68. The number of nitrogens with zero attached hydrogens (tertiary/aromatic N) is 1. The summed E-state index contributed by atoms with van der Waals surface area (Å²) in [5, 5.41) is 3.17. The highest BCUT2D eigenvalue weighted by Gasteiger charge is 2.38. The molecule has 4 nitrogen and oxygen atoms in total. The van der Waals surface area contributed by atoms with Gasteiger partial charge in [0, 0.05) is 18.8 Å². The SMILES string of the molecule is CC1(C(=O)Nc2ccc(CC(F)(F)F)cc2)CCN(C(=O)c2ccccc2Cl)CC1. The molecule has 0 atom stereocenters. The molecule has 1 aliphatic rings. The van der Waals surface area contributed by atoms with Crippen LogP contribution in [-0.4, -0.2) is 36.0 Å². The second-order valence-electron chi connectivity index (χ2n) is 7.78. The minimum absolute atomic E-state index is 0.137. The van der Waals surface area contributed by atoms with E-state index in [1.54, 1.807) is 29.2 Å². The van der Waals surface area contributed by atoms with Gasteiger partial charge in [-0.25, -0.2) is 0 Å². The molecule has 0 aromatic heterocycles. The Morgan fingerprint density at radius 2 is 1.67 bits per heavy atom. The molecule has 8 heteroatoms. The third-order valence-corrected chi connectivity index (χ3v) is 5.75. The highest BCUT2D eigenvalue weighted by atomic mass is 35.5. The predicted octanol–water partition coefficient (Wildman–Crippen LogP) is 5.33. The van der Waals surface area contributed by atoms with Crippen molar-refractivity contribution in [3.63, 3.8) is 0 Å². The van der Waals surface area contributed by atoms with E-state index >= 15 is 0 Å². The van der Waals surface area contributed by atoms with Gasteiger partial charge >= 0.3 is 6.18 Å². The van der Waals surface area contributed by atoms with Crippen LogP contribution in [0.5, 0.6) is 0 Å². The van der Waals surface area contributed by atoms with E-state index in [0.29, 0.717) is 42.2 Å². The van der Waals surface area contributed by atoms with E-state index in [2.05, 4.69) is 5.32 Å². The number of rotatable bonds is 4. The average molecular weight is 439 g/mol. The number of piperidine rings is 1. The van der Waals surface area contributed by atoms with Gasteiger partial charge in [0.25, 0.3) is 5.91 Å². The summed E-state index contributed by atoms with van der Waals surface area (Å²) in [7, 11) is 0. The molecule has 160 valence electrons. The zero-order chi connectivity index (χ0) is 21.9. The highest BCUT2D eigenvalue weighted by molar-refractivity contribution is 6.33. The number of hydrogen-bond acceptors (Lipinski definition) is 2. The van der Waals surface area contributed by atoms with Gasteiger partial charge in [0.05, 0.1) is 22.4 Å². The van der Waals surface area contributed by atoms with Gasteiger partial charge in [-0.15, -0.1) is 0 Å². The number of alkyl halides is 3. The lowest BCUT2D eigenvalue weighted by Crippen LogP contribution is -2.47. The normalized spacial score (nSPS) is 16.2. The van der Waals surface area contributed by atoms with Crippen molar-refractivity contribution in [2.24, 2.45) is 5.41 Å². The molecular weight excluding hydrogens is 417 g/mol. The molecule has 0 unspecified atom stereocenters. The van der Waals surface area contributed by atoms with Crippen LogP contribution in [0.3, 0.4) is 0 Å². The third-order valence-electron chi connectivity index (χ3n) is 5.42. The lowest BCUT2D eigenvalue weighted by Gasteiger charge is -2.38. The minimum atomic E-state index is -4.27. The highest BCUT2D eigenvalue weighted by Crippen LogP contribution is 2.33. The van der Waals surface area contributed by atoms with Crippen molar-refractivity contribution in [1.82, 2.24) is 4.90 Å². The summed E-state index contributed by atoms with van der Waals surface area (Å²) in [5.74, 6) is -0.376. The average Bonchev–Trinajstić information content (AvgIpc) is 2.69. The second-order valence-corrected chi connectivity index (χ2v) is 8.18. The van der Waals surface area contributed by atoms with Crippen molar-refractivity contribution in [2.45, 2.75) is 32.4 Å². The van der Waals surface area contributed by atoms with Crippen LogP contribution in [0.4, 0.5) is 18.9 Å². The molecule has 2 aromatic carbocycles. The standard InChI is InChI=1S/C22H22ClF3N2O2/c1-21(20(30)27-16-8-6-15(7-9-16)14-22(24,25)26)10-12-28(13-11-21)19(29)17-4-2-3-5-18(17)23/h2-9H,10-14H2,1H3,(H,27,30). The van der Waals surface area contributed by atoms with Crippen molar-refractivity contribution < 1.29 is 22.8 Å². The molecule has 2 aromatic rings. The van der Waals surface area contributed by atoms with Crippen molar-refractivity contribution in [3.05, 3.63) is 64.7 Å². The Bertz CT molecular complexity index is 921. The first-order valence-electron chi connectivity index (χ1n) is 9.58. The molecule has 0 aliphatic carbocycles. The van der Waals surface area contributed by atoms with Crippen LogP contribution in [0.2, 0.25) is 5.02 Å².